The van der Waals surface area contributed by atoms with Crippen LogP contribution in [0.5, 0.6) is 0 Å². The minimum atomic E-state index is 0.178. The SMILES string of the molecule is CCC1SCCSC1C(N)c1sccc1Br. The highest BCUT2D eigenvalue weighted by Gasteiger charge is 2.32. The highest BCUT2D eigenvalue weighted by atomic mass is 79.9. The quantitative estimate of drug-likeness (QED) is 0.897. The third-order valence-electron chi connectivity index (χ3n) is 2.80. The molecule has 1 aromatic heterocycles. The maximum Gasteiger partial charge on any atom is 0.0532 e. The van der Waals surface area contributed by atoms with Gasteiger partial charge < -0.3 is 5.73 Å². The van der Waals surface area contributed by atoms with Crippen molar-refractivity contribution in [2.75, 3.05) is 11.5 Å². The molecule has 1 nitrogen and oxygen atoms in total. The van der Waals surface area contributed by atoms with Crippen molar-refractivity contribution in [1.82, 2.24) is 0 Å². The first-order chi connectivity index (χ1) is 7.74. The molecule has 3 atom stereocenters. The summed E-state index contributed by atoms with van der Waals surface area (Å²) in [4.78, 5) is 1.30. The molecular formula is C11H16BrNS3. The monoisotopic (exact) mass is 337 g/mol. The molecule has 0 radical (unpaired) electrons. The van der Waals surface area contributed by atoms with Crippen molar-refractivity contribution < 1.29 is 0 Å². The van der Waals surface area contributed by atoms with Crippen LogP contribution in [-0.4, -0.2) is 22.0 Å². The Balaban J connectivity index is 2.13. The third-order valence-corrected chi connectivity index (χ3v) is 8.14. The lowest BCUT2D eigenvalue weighted by Crippen LogP contribution is -2.35. The van der Waals surface area contributed by atoms with Gasteiger partial charge in [-0.2, -0.15) is 23.5 Å². The minimum absolute atomic E-state index is 0.178. The second kappa shape index (κ2) is 6.14. The molecule has 5 heteroatoms. The van der Waals surface area contributed by atoms with Gasteiger partial charge in [0.05, 0.1) is 6.04 Å². The first kappa shape index (κ1) is 13.3. The molecule has 2 N–H and O–H groups in total. The van der Waals surface area contributed by atoms with Crippen molar-refractivity contribution in [3.8, 4) is 0 Å². The number of halogens is 1. The summed E-state index contributed by atoms with van der Waals surface area (Å²) in [5.74, 6) is 2.51. The molecule has 0 aromatic carbocycles. The molecule has 2 heterocycles. The van der Waals surface area contributed by atoms with Crippen LogP contribution in [0, 0.1) is 0 Å². The first-order valence-electron chi connectivity index (χ1n) is 5.45. The van der Waals surface area contributed by atoms with Crippen molar-refractivity contribution in [2.24, 2.45) is 5.73 Å². The summed E-state index contributed by atoms with van der Waals surface area (Å²) in [6, 6.07) is 2.28. The molecule has 1 aliphatic heterocycles. The maximum atomic E-state index is 6.43. The molecule has 2 rings (SSSR count). The summed E-state index contributed by atoms with van der Waals surface area (Å²) in [5.41, 5.74) is 6.43. The van der Waals surface area contributed by atoms with Crippen LogP contribution < -0.4 is 5.73 Å². The van der Waals surface area contributed by atoms with Crippen LogP contribution in [0.15, 0.2) is 15.9 Å². The topological polar surface area (TPSA) is 26.0 Å². The van der Waals surface area contributed by atoms with Gasteiger partial charge in [0.25, 0.3) is 0 Å². The molecule has 0 bridgehead atoms. The fraction of sp³-hybridized carbons (Fsp3) is 0.636. The molecule has 0 spiro atoms. The van der Waals surface area contributed by atoms with Crippen LogP contribution in [0.2, 0.25) is 0 Å². The van der Waals surface area contributed by atoms with Gasteiger partial charge in [0.1, 0.15) is 0 Å². The molecule has 0 saturated carbocycles. The largest absolute Gasteiger partial charge is 0.322 e. The summed E-state index contributed by atoms with van der Waals surface area (Å²) in [6.07, 6.45) is 1.22. The standard InChI is InChI=1S/C11H16BrNS3/c1-2-8-11(16-6-5-14-8)9(13)10-7(12)3-4-15-10/h3-4,8-9,11H,2,5-6,13H2,1H3. The fourth-order valence-electron chi connectivity index (χ4n) is 1.96. The van der Waals surface area contributed by atoms with E-state index in [0.29, 0.717) is 10.5 Å². The van der Waals surface area contributed by atoms with Gasteiger partial charge in [-0.15, -0.1) is 11.3 Å². The zero-order valence-electron chi connectivity index (χ0n) is 9.19. The van der Waals surface area contributed by atoms with Crippen molar-refractivity contribution in [3.05, 3.63) is 20.8 Å². The number of hydrogen-bond acceptors (Lipinski definition) is 4. The summed E-state index contributed by atoms with van der Waals surface area (Å²) in [7, 11) is 0. The number of hydrogen-bond donors (Lipinski definition) is 1. The van der Waals surface area contributed by atoms with E-state index < -0.39 is 0 Å². The van der Waals surface area contributed by atoms with E-state index in [2.05, 4.69) is 57.8 Å². The molecule has 1 fully saturated rings. The van der Waals surface area contributed by atoms with Crippen LogP contribution in [0.1, 0.15) is 24.3 Å². The molecule has 3 unspecified atom stereocenters. The van der Waals surface area contributed by atoms with E-state index in [1.165, 1.54) is 27.3 Å². The first-order valence-corrected chi connectivity index (χ1v) is 9.22. The van der Waals surface area contributed by atoms with Gasteiger partial charge in [-0.05, 0) is 33.8 Å². The Bertz CT molecular complexity index is 342. The summed E-state index contributed by atoms with van der Waals surface area (Å²) < 4.78 is 1.18. The molecule has 1 saturated heterocycles. The van der Waals surface area contributed by atoms with E-state index in [1.54, 1.807) is 11.3 Å². The van der Waals surface area contributed by atoms with E-state index >= 15 is 0 Å². The highest BCUT2D eigenvalue weighted by molar-refractivity contribution is 9.10. The van der Waals surface area contributed by atoms with E-state index in [-0.39, 0.29) is 6.04 Å². The Labute approximate surface area is 118 Å². The average molecular weight is 338 g/mol. The van der Waals surface area contributed by atoms with E-state index in [0.717, 1.165) is 0 Å². The van der Waals surface area contributed by atoms with Gasteiger partial charge >= 0.3 is 0 Å². The predicted octanol–water partition coefficient (Wildman–Crippen LogP) is 4.14. The van der Waals surface area contributed by atoms with Gasteiger partial charge in [-0.25, -0.2) is 0 Å². The Morgan fingerprint density at radius 3 is 2.88 bits per heavy atom. The molecule has 1 aromatic rings. The van der Waals surface area contributed by atoms with Crippen molar-refractivity contribution in [2.45, 2.75) is 29.9 Å². The second-order valence-corrected chi connectivity index (χ2v) is 8.25. The second-order valence-electron chi connectivity index (χ2n) is 3.81. The van der Waals surface area contributed by atoms with E-state index in [1.807, 2.05) is 0 Å². The van der Waals surface area contributed by atoms with E-state index in [4.69, 9.17) is 5.73 Å². The molecular weight excluding hydrogens is 322 g/mol. The minimum Gasteiger partial charge on any atom is -0.322 e. The lowest BCUT2D eigenvalue weighted by Gasteiger charge is -2.33. The van der Waals surface area contributed by atoms with Gasteiger partial charge in [0.2, 0.25) is 0 Å². The van der Waals surface area contributed by atoms with Crippen molar-refractivity contribution in [1.29, 1.82) is 0 Å². The molecule has 90 valence electrons. The van der Waals surface area contributed by atoms with Crippen LogP contribution in [0.25, 0.3) is 0 Å². The Hall–Kier alpha value is 0.840. The van der Waals surface area contributed by atoms with Crippen LogP contribution in [0.4, 0.5) is 0 Å². The van der Waals surface area contributed by atoms with Gasteiger partial charge in [0, 0.05) is 31.4 Å². The van der Waals surface area contributed by atoms with Crippen LogP contribution in [0.3, 0.4) is 0 Å². The van der Waals surface area contributed by atoms with Crippen LogP contribution >= 0.6 is 50.8 Å². The zero-order chi connectivity index (χ0) is 11.5. The zero-order valence-corrected chi connectivity index (χ0v) is 13.2. The van der Waals surface area contributed by atoms with E-state index in [9.17, 15) is 0 Å². The van der Waals surface area contributed by atoms with Crippen molar-refractivity contribution >= 4 is 50.8 Å². The smallest absolute Gasteiger partial charge is 0.0532 e. The van der Waals surface area contributed by atoms with Gasteiger partial charge in [-0.1, -0.05) is 6.92 Å². The lowest BCUT2D eigenvalue weighted by atomic mass is 10.1. The average Bonchev–Trinajstić information content (AvgIpc) is 2.74. The lowest BCUT2D eigenvalue weighted by molar-refractivity contribution is 0.637. The Morgan fingerprint density at radius 1 is 1.50 bits per heavy atom. The maximum absolute atomic E-state index is 6.43. The normalized spacial score (nSPS) is 27.9. The predicted molar refractivity (Wildman–Crippen MR) is 81.7 cm³/mol. The number of thiophene rings is 1. The van der Waals surface area contributed by atoms with Crippen LogP contribution in [-0.2, 0) is 0 Å². The molecule has 0 amide bonds. The Morgan fingerprint density at radius 2 is 2.25 bits per heavy atom. The molecule has 1 aliphatic rings. The van der Waals surface area contributed by atoms with Gasteiger partial charge in [-0.3, -0.25) is 0 Å². The third kappa shape index (κ3) is 2.80. The fourth-order valence-corrected chi connectivity index (χ4v) is 6.90. The Kier molecular flexibility index (Phi) is 5.09. The number of rotatable bonds is 3. The highest BCUT2D eigenvalue weighted by Crippen LogP contribution is 2.42. The summed E-state index contributed by atoms with van der Waals surface area (Å²) >= 11 is 9.50. The molecule has 16 heavy (non-hydrogen) atoms. The summed E-state index contributed by atoms with van der Waals surface area (Å²) in [6.45, 7) is 2.27. The van der Waals surface area contributed by atoms with Crippen molar-refractivity contribution in [3.63, 3.8) is 0 Å². The molecule has 0 aliphatic carbocycles. The summed E-state index contributed by atoms with van der Waals surface area (Å²) in [5, 5.41) is 3.39. The number of nitrogens with two attached hydrogens (primary N) is 1. The van der Waals surface area contributed by atoms with Gasteiger partial charge in [0.15, 0.2) is 0 Å². The number of thioether (sulfide) groups is 2.